The maximum atomic E-state index is 13.6. The van der Waals surface area contributed by atoms with Crippen LogP contribution < -0.4 is 4.31 Å². The first-order valence-electron chi connectivity index (χ1n) is 10.1. The average molecular weight is 528 g/mol. The highest BCUT2D eigenvalue weighted by molar-refractivity contribution is 7.92. The molecule has 0 aliphatic rings. The summed E-state index contributed by atoms with van der Waals surface area (Å²) < 4.78 is 73.2. The molecule has 0 amide bonds. The summed E-state index contributed by atoms with van der Waals surface area (Å²) >= 11 is 5.67. The second-order valence-corrected chi connectivity index (χ2v) is 9.97. The van der Waals surface area contributed by atoms with Crippen molar-refractivity contribution in [1.82, 2.24) is 9.97 Å². The number of sulfonamides is 1. The third-order valence-electron chi connectivity index (χ3n) is 5.17. The third-order valence-corrected chi connectivity index (χ3v) is 7.24. The number of aromatic nitrogens is 2. The Balaban J connectivity index is 2.23. The summed E-state index contributed by atoms with van der Waals surface area (Å²) in [4.78, 5) is 7.60. The topological polar surface area (TPSA) is 92.6 Å². The standard InChI is InChI=1S/C23H21ClF3N3O4S/c1-13-9-19(21(29-11-13)22(31)20-14(2)7-8-28-15(20)3)30(12-34-4)35(32,33)16-5-6-18(24)17(10-16)23(25,26)27/h5-6,9-11,22,31H,12H2,1-4H3. The number of anilines is 1. The van der Waals surface area contributed by atoms with E-state index in [2.05, 4.69) is 22.2 Å². The molecular weight excluding hydrogens is 507 g/mol. The Morgan fingerprint density at radius 3 is 2.51 bits per heavy atom. The van der Waals surface area contributed by atoms with Gasteiger partial charge in [-0.15, -0.1) is 0 Å². The number of alkyl halides is 3. The number of halogens is 4. The lowest BCUT2D eigenvalue weighted by atomic mass is 9.99. The van der Waals surface area contributed by atoms with E-state index < -0.39 is 44.5 Å². The molecule has 1 aromatic carbocycles. The van der Waals surface area contributed by atoms with Crippen LogP contribution in [-0.2, 0) is 20.9 Å². The number of methoxy groups -OCH3 is 1. The van der Waals surface area contributed by atoms with Crippen molar-refractivity contribution in [2.24, 2.45) is 0 Å². The highest BCUT2D eigenvalue weighted by Crippen LogP contribution is 2.38. The van der Waals surface area contributed by atoms with Crippen LogP contribution in [0.4, 0.5) is 18.9 Å². The number of hydrogen-bond donors (Lipinski definition) is 1. The van der Waals surface area contributed by atoms with Gasteiger partial charge in [0.05, 0.1) is 32.6 Å². The van der Waals surface area contributed by atoms with Crippen molar-refractivity contribution < 1.29 is 31.4 Å². The van der Waals surface area contributed by atoms with Gasteiger partial charge in [0.2, 0.25) is 0 Å². The minimum Gasteiger partial charge on any atom is -0.382 e. The molecule has 7 nitrogen and oxygen atoms in total. The molecule has 2 heterocycles. The number of hydrogen-bond acceptors (Lipinski definition) is 6. The maximum absolute atomic E-state index is 13.6. The SMILES string of the molecule is COCN(c1cc(C)cnc1C(O)c1c(C)c#cnc1C)S(=O)(=O)c1ccc(Cl)c(C(F)(F)F)c1. The van der Waals surface area contributed by atoms with E-state index in [1.54, 1.807) is 20.8 Å². The van der Waals surface area contributed by atoms with Crippen molar-refractivity contribution >= 4 is 27.3 Å². The Labute approximate surface area is 206 Å². The molecule has 1 N–H and O–H groups in total. The first-order valence-corrected chi connectivity index (χ1v) is 11.9. The van der Waals surface area contributed by atoms with Crippen LogP contribution in [0.15, 0.2) is 35.4 Å². The molecule has 0 aliphatic heterocycles. The van der Waals surface area contributed by atoms with E-state index in [1.165, 1.54) is 19.4 Å². The lowest BCUT2D eigenvalue weighted by Gasteiger charge is -2.27. The maximum Gasteiger partial charge on any atom is 0.417 e. The number of rotatable bonds is 7. The van der Waals surface area contributed by atoms with Crippen LogP contribution in [0.5, 0.6) is 0 Å². The number of aliphatic hydroxyl groups excluding tert-OH is 1. The number of benzene rings is 1. The van der Waals surface area contributed by atoms with Crippen LogP contribution in [0.3, 0.4) is 0 Å². The van der Waals surface area contributed by atoms with Crippen molar-refractivity contribution in [1.29, 1.82) is 0 Å². The van der Waals surface area contributed by atoms with Gasteiger partial charge in [0.25, 0.3) is 10.0 Å². The van der Waals surface area contributed by atoms with Gasteiger partial charge < -0.3 is 9.84 Å². The number of ether oxygens (including phenoxy) is 1. The Morgan fingerprint density at radius 2 is 1.91 bits per heavy atom. The van der Waals surface area contributed by atoms with E-state index in [9.17, 15) is 26.7 Å². The summed E-state index contributed by atoms with van der Waals surface area (Å²) in [6, 6.07) is 6.49. The molecule has 0 fully saturated rings. The van der Waals surface area contributed by atoms with Crippen LogP contribution in [0, 0.1) is 33.0 Å². The van der Waals surface area contributed by atoms with Crippen molar-refractivity contribution in [2.45, 2.75) is 37.9 Å². The van der Waals surface area contributed by atoms with E-state index in [0.717, 1.165) is 16.4 Å². The minimum absolute atomic E-state index is 0.0613. The summed E-state index contributed by atoms with van der Waals surface area (Å²) in [5, 5.41) is 10.6. The highest BCUT2D eigenvalue weighted by atomic mass is 35.5. The zero-order valence-corrected chi connectivity index (χ0v) is 20.7. The van der Waals surface area contributed by atoms with Crippen LogP contribution in [0.1, 0.15) is 39.7 Å². The Bertz CT molecular complexity index is 1330. The summed E-state index contributed by atoms with van der Waals surface area (Å²) in [5.74, 6) is 0. The zero-order chi connectivity index (χ0) is 26.1. The van der Waals surface area contributed by atoms with Gasteiger partial charge >= 0.3 is 6.18 Å². The Morgan fingerprint density at radius 1 is 1.23 bits per heavy atom. The minimum atomic E-state index is -4.87. The molecule has 0 saturated carbocycles. The van der Waals surface area contributed by atoms with Crippen molar-refractivity contribution in [3.05, 3.63) is 81.4 Å². The van der Waals surface area contributed by atoms with Gasteiger partial charge in [-0.2, -0.15) is 13.2 Å². The van der Waals surface area contributed by atoms with Crippen LogP contribution in [0.2, 0.25) is 5.02 Å². The fourth-order valence-corrected chi connectivity index (χ4v) is 5.14. The van der Waals surface area contributed by atoms with E-state index in [0.29, 0.717) is 28.5 Å². The Hall–Kier alpha value is -2.91. The van der Waals surface area contributed by atoms with E-state index >= 15 is 0 Å². The fourth-order valence-electron chi connectivity index (χ4n) is 3.50. The zero-order valence-electron chi connectivity index (χ0n) is 19.1. The summed E-state index contributed by atoms with van der Waals surface area (Å²) in [6.45, 7) is 4.40. The Kier molecular flexibility index (Phi) is 7.62. The average Bonchev–Trinajstić information content (AvgIpc) is 2.76. The second-order valence-electron chi connectivity index (χ2n) is 7.70. The molecular formula is C23H21ClF3N3O4S. The van der Waals surface area contributed by atoms with Crippen molar-refractivity contribution in [2.75, 3.05) is 18.1 Å². The molecule has 186 valence electrons. The molecule has 0 saturated heterocycles. The molecule has 1 unspecified atom stereocenters. The smallest absolute Gasteiger partial charge is 0.382 e. The third kappa shape index (κ3) is 5.36. The van der Waals surface area contributed by atoms with Crippen molar-refractivity contribution in [3.8, 4) is 0 Å². The molecule has 0 aliphatic carbocycles. The van der Waals surface area contributed by atoms with Gasteiger partial charge in [-0.25, -0.2) is 17.7 Å². The summed E-state index contributed by atoms with van der Waals surface area (Å²) in [5.41, 5.74) is 0.403. The van der Waals surface area contributed by atoms with Gasteiger partial charge in [0.1, 0.15) is 12.8 Å². The second kappa shape index (κ2) is 9.99. The summed E-state index contributed by atoms with van der Waals surface area (Å²) in [6.07, 6.45) is -2.29. The lowest BCUT2D eigenvalue weighted by Crippen LogP contribution is -2.34. The molecule has 1 atom stereocenters. The number of nitrogens with zero attached hydrogens (tertiary/aromatic N) is 3. The molecule has 12 heteroatoms. The number of aliphatic hydroxyl groups is 1. The predicted molar refractivity (Wildman–Crippen MR) is 122 cm³/mol. The van der Waals surface area contributed by atoms with E-state index in [4.69, 9.17) is 16.3 Å². The first-order chi connectivity index (χ1) is 16.3. The van der Waals surface area contributed by atoms with Gasteiger partial charge in [-0.05, 0) is 56.7 Å². The monoisotopic (exact) mass is 527 g/mol. The fraction of sp³-hybridized carbons (Fsp3) is 0.304. The molecule has 3 aromatic rings. The highest BCUT2D eigenvalue weighted by Gasteiger charge is 2.36. The number of aryl methyl sites for hydroxylation is 2. The molecule has 35 heavy (non-hydrogen) atoms. The van der Waals surface area contributed by atoms with Crippen LogP contribution >= 0.6 is 11.6 Å². The van der Waals surface area contributed by atoms with E-state index in [1.807, 2.05) is 0 Å². The van der Waals surface area contributed by atoms with Gasteiger partial charge in [-0.1, -0.05) is 11.6 Å². The molecule has 0 bridgehead atoms. The van der Waals surface area contributed by atoms with Crippen molar-refractivity contribution in [3.63, 3.8) is 0 Å². The summed E-state index contributed by atoms with van der Waals surface area (Å²) in [7, 11) is -3.39. The van der Waals surface area contributed by atoms with E-state index in [-0.39, 0.29) is 11.4 Å². The molecule has 0 radical (unpaired) electrons. The molecule has 0 spiro atoms. The van der Waals surface area contributed by atoms with Crippen LogP contribution in [0.25, 0.3) is 0 Å². The van der Waals surface area contributed by atoms with Gasteiger partial charge in [0, 0.05) is 30.6 Å². The van der Waals surface area contributed by atoms with Gasteiger partial charge in [-0.3, -0.25) is 4.98 Å². The first kappa shape index (κ1) is 26.7. The molecule has 3 rings (SSSR count). The molecule has 2 aromatic heterocycles. The number of pyridine rings is 1. The lowest BCUT2D eigenvalue weighted by molar-refractivity contribution is -0.137. The van der Waals surface area contributed by atoms with Crippen LogP contribution in [-0.4, -0.2) is 37.3 Å². The quantitative estimate of drug-likeness (QED) is 0.453. The van der Waals surface area contributed by atoms with Gasteiger partial charge in [0.15, 0.2) is 0 Å². The normalized spacial score (nSPS) is 12.8. The predicted octanol–water partition coefficient (Wildman–Crippen LogP) is 4.56. The largest absolute Gasteiger partial charge is 0.417 e.